The maximum Gasteiger partial charge on any atom is 0.346 e. The summed E-state index contributed by atoms with van der Waals surface area (Å²) in [6.45, 7) is 13.3. The zero-order valence-electron chi connectivity index (χ0n) is 12.5. The van der Waals surface area contributed by atoms with E-state index in [0.29, 0.717) is 13.1 Å². The summed E-state index contributed by atoms with van der Waals surface area (Å²) in [4.78, 5) is 17.5. The summed E-state index contributed by atoms with van der Waals surface area (Å²) in [5, 5.41) is 3.41. The van der Waals surface area contributed by atoms with Crippen molar-refractivity contribution in [3.63, 3.8) is 0 Å². The molecule has 0 aliphatic heterocycles. The Morgan fingerprint density at radius 2 is 1.81 bits per heavy atom. The van der Waals surface area contributed by atoms with E-state index in [-0.39, 0.29) is 10.9 Å². The molecular weight excluding hydrogens is 292 g/mol. The fourth-order valence-corrected chi connectivity index (χ4v) is 2.28. The second-order valence-corrected chi connectivity index (χ2v) is 7.10. The molecule has 8 heteroatoms. The van der Waals surface area contributed by atoms with E-state index >= 15 is 0 Å². The van der Waals surface area contributed by atoms with E-state index in [9.17, 15) is 13.2 Å². The van der Waals surface area contributed by atoms with E-state index < -0.39 is 15.9 Å². The molecule has 0 atom stereocenters. The molecule has 0 aliphatic carbocycles. The lowest BCUT2D eigenvalue weighted by atomic mass is 10.3. The number of sulfone groups is 1. The summed E-state index contributed by atoms with van der Waals surface area (Å²) in [5.41, 5.74) is 1.59. The first-order valence-corrected chi connectivity index (χ1v) is 8.05. The third-order valence-corrected chi connectivity index (χ3v) is 4.02. The molecule has 1 aromatic heterocycles. The fraction of sp³-hybridized carbons (Fsp3) is 0.462. The van der Waals surface area contributed by atoms with Gasteiger partial charge in [0, 0.05) is 13.1 Å². The smallest absolute Gasteiger partial charge is 0.315 e. The Hall–Kier alpha value is -1.96. The van der Waals surface area contributed by atoms with Crippen molar-refractivity contribution >= 4 is 15.9 Å². The van der Waals surface area contributed by atoms with Crippen LogP contribution in [0.1, 0.15) is 20.8 Å². The number of hydrogen-bond donors (Lipinski definition) is 0. The molecule has 0 fully saturated rings. The number of rotatable bonds is 6. The first-order chi connectivity index (χ1) is 9.67. The van der Waals surface area contributed by atoms with Gasteiger partial charge in [-0.3, -0.25) is 0 Å². The van der Waals surface area contributed by atoms with E-state index in [4.69, 9.17) is 0 Å². The average Bonchev–Trinajstić information content (AvgIpc) is 2.86. The van der Waals surface area contributed by atoms with Crippen LogP contribution in [0.4, 0.5) is 4.79 Å². The quantitative estimate of drug-likeness (QED) is 0.743. The van der Waals surface area contributed by atoms with E-state index in [1.165, 1.54) is 11.8 Å². The van der Waals surface area contributed by atoms with Gasteiger partial charge in [0.15, 0.2) is 0 Å². The Morgan fingerprint density at radius 1 is 1.29 bits per heavy atom. The van der Waals surface area contributed by atoms with Crippen molar-refractivity contribution in [3.8, 4) is 0 Å². The van der Waals surface area contributed by atoms with Gasteiger partial charge in [-0.2, -0.15) is 4.68 Å². The highest BCUT2D eigenvalue weighted by atomic mass is 32.2. The lowest BCUT2D eigenvalue weighted by Gasteiger charge is -2.22. The molecule has 0 unspecified atom stereocenters. The maximum absolute atomic E-state index is 12.4. The van der Waals surface area contributed by atoms with Gasteiger partial charge < -0.3 is 4.90 Å². The van der Waals surface area contributed by atoms with Crippen LogP contribution in [0, 0.1) is 0 Å². The molecule has 0 aliphatic rings. The Labute approximate surface area is 124 Å². The van der Waals surface area contributed by atoms with E-state index in [0.717, 1.165) is 22.2 Å². The van der Waals surface area contributed by atoms with Gasteiger partial charge in [0.25, 0.3) is 5.16 Å². The monoisotopic (exact) mass is 312 g/mol. The van der Waals surface area contributed by atoms with Gasteiger partial charge in [-0.25, -0.2) is 18.2 Å². The Balaban J connectivity index is 3.04. The molecule has 21 heavy (non-hydrogen) atoms. The number of aromatic nitrogens is 3. The van der Waals surface area contributed by atoms with Gasteiger partial charge >= 0.3 is 6.03 Å². The summed E-state index contributed by atoms with van der Waals surface area (Å²) in [6.07, 6.45) is 1.11. The molecule has 0 bridgehead atoms. The molecule has 0 saturated carbocycles. The number of carbonyl (C=O) groups excluding carboxylic acids is 1. The van der Waals surface area contributed by atoms with Crippen LogP contribution in [0.2, 0.25) is 0 Å². The minimum Gasteiger partial charge on any atom is -0.315 e. The van der Waals surface area contributed by atoms with Crippen molar-refractivity contribution in [2.24, 2.45) is 0 Å². The van der Waals surface area contributed by atoms with Crippen molar-refractivity contribution in [1.82, 2.24) is 19.7 Å². The van der Waals surface area contributed by atoms with Crippen molar-refractivity contribution in [3.05, 3.63) is 30.6 Å². The molecule has 1 heterocycles. The van der Waals surface area contributed by atoms with Crippen LogP contribution < -0.4 is 0 Å². The molecule has 1 amide bonds. The summed E-state index contributed by atoms with van der Waals surface area (Å²) in [5.74, 6) is -0.119. The van der Waals surface area contributed by atoms with Gasteiger partial charge in [0.05, 0.1) is 5.75 Å². The van der Waals surface area contributed by atoms with E-state index in [2.05, 4.69) is 23.2 Å². The van der Waals surface area contributed by atoms with Crippen LogP contribution >= 0.6 is 0 Å². The lowest BCUT2D eigenvalue weighted by Crippen LogP contribution is -2.37. The van der Waals surface area contributed by atoms with Crippen LogP contribution in [0.25, 0.3) is 0 Å². The molecule has 1 aromatic rings. The number of carbonyl (C=O) groups is 1. The predicted molar refractivity (Wildman–Crippen MR) is 79.7 cm³/mol. The van der Waals surface area contributed by atoms with Gasteiger partial charge in [-0.05, 0) is 13.8 Å². The maximum atomic E-state index is 12.4. The first-order valence-electron chi connectivity index (χ1n) is 6.39. The minimum atomic E-state index is -3.53. The Morgan fingerprint density at radius 3 is 2.24 bits per heavy atom. The first kappa shape index (κ1) is 17.1. The standard InChI is InChI=1S/C13H20N4O3S/c1-6-21(19,20)12-14-9-17(15-12)13(18)16(7-10(2)3)8-11(4)5/h9H,2,4,6-8H2,1,3,5H3. The predicted octanol–water partition coefficient (Wildman–Crippen LogP) is 1.49. The Kier molecular flexibility index (Phi) is 5.42. The summed E-state index contributed by atoms with van der Waals surface area (Å²) in [7, 11) is -3.53. The van der Waals surface area contributed by atoms with Crippen molar-refractivity contribution < 1.29 is 13.2 Å². The Bertz CT molecular complexity index is 645. The minimum absolute atomic E-state index is 0.119. The lowest BCUT2D eigenvalue weighted by molar-refractivity contribution is 0.204. The number of amides is 1. The molecule has 0 radical (unpaired) electrons. The highest BCUT2D eigenvalue weighted by Gasteiger charge is 2.22. The second kappa shape index (κ2) is 6.66. The van der Waals surface area contributed by atoms with Gasteiger partial charge in [-0.15, -0.1) is 5.10 Å². The van der Waals surface area contributed by atoms with Crippen molar-refractivity contribution in [1.29, 1.82) is 0 Å². The normalized spacial score (nSPS) is 11.2. The molecule has 1 rings (SSSR count). The van der Waals surface area contributed by atoms with Crippen LogP contribution in [0.15, 0.2) is 35.8 Å². The van der Waals surface area contributed by atoms with E-state index in [1.807, 2.05) is 0 Å². The molecule has 0 aromatic carbocycles. The summed E-state index contributed by atoms with van der Waals surface area (Å²) >= 11 is 0. The van der Waals surface area contributed by atoms with Gasteiger partial charge in [0.1, 0.15) is 6.33 Å². The topological polar surface area (TPSA) is 85.2 Å². The molecule has 0 N–H and O–H groups in total. The van der Waals surface area contributed by atoms with Gasteiger partial charge in [-0.1, -0.05) is 31.2 Å². The van der Waals surface area contributed by atoms with Crippen LogP contribution in [-0.4, -0.2) is 53.0 Å². The second-order valence-electron chi connectivity index (χ2n) is 4.93. The largest absolute Gasteiger partial charge is 0.346 e. The molecular formula is C13H20N4O3S. The molecule has 116 valence electrons. The van der Waals surface area contributed by atoms with Gasteiger partial charge in [0.2, 0.25) is 9.84 Å². The molecule has 7 nitrogen and oxygen atoms in total. The number of hydrogen-bond acceptors (Lipinski definition) is 5. The van der Waals surface area contributed by atoms with Crippen LogP contribution in [0.3, 0.4) is 0 Å². The summed E-state index contributed by atoms with van der Waals surface area (Å²) < 4.78 is 24.3. The average molecular weight is 312 g/mol. The van der Waals surface area contributed by atoms with Crippen molar-refractivity contribution in [2.45, 2.75) is 25.9 Å². The molecule has 0 saturated heterocycles. The summed E-state index contributed by atoms with van der Waals surface area (Å²) in [6, 6.07) is -0.467. The third kappa shape index (κ3) is 4.52. The zero-order valence-corrected chi connectivity index (χ0v) is 13.4. The van der Waals surface area contributed by atoms with Crippen LogP contribution in [0.5, 0.6) is 0 Å². The van der Waals surface area contributed by atoms with Crippen LogP contribution in [-0.2, 0) is 9.84 Å². The molecule has 0 spiro atoms. The highest BCUT2D eigenvalue weighted by molar-refractivity contribution is 7.91. The SMILES string of the molecule is C=C(C)CN(CC(=C)C)C(=O)n1cnc(S(=O)(=O)CC)n1. The highest BCUT2D eigenvalue weighted by Crippen LogP contribution is 2.07. The fourth-order valence-electron chi connectivity index (χ4n) is 1.60. The number of nitrogens with zero attached hydrogens (tertiary/aromatic N) is 4. The zero-order chi connectivity index (χ0) is 16.2. The third-order valence-electron chi connectivity index (χ3n) is 2.52. The van der Waals surface area contributed by atoms with Crippen molar-refractivity contribution in [2.75, 3.05) is 18.8 Å². The van der Waals surface area contributed by atoms with E-state index in [1.54, 1.807) is 13.8 Å².